The Bertz CT molecular complexity index is 115. The molecule has 0 spiro atoms. The first kappa shape index (κ1) is 9.59. The minimum absolute atomic E-state index is 0.424. The third-order valence-electron chi connectivity index (χ3n) is 1.41. The smallest absolute Gasteiger partial charge is 0.140 e. The van der Waals surface area contributed by atoms with Crippen LogP contribution in [0.25, 0.3) is 0 Å². The lowest BCUT2D eigenvalue weighted by molar-refractivity contribution is -0.118. The van der Waals surface area contributed by atoms with Gasteiger partial charge in [0.2, 0.25) is 0 Å². The van der Waals surface area contributed by atoms with E-state index in [1.54, 1.807) is 32.8 Å². The molecular weight excluding hydrogens is 130 g/mol. The first-order valence-corrected chi connectivity index (χ1v) is 3.23. The molecule has 3 nitrogen and oxygen atoms in total. The summed E-state index contributed by atoms with van der Waals surface area (Å²) in [6.07, 6.45) is 0.750. The Kier molecular flexibility index (Phi) is 2.99. The highest BCUT2D eigenvalue weighted by atomic mass is 16.3. The van der Waals surface area contributed by atoms with Crippen molar-refractivity contribution in [2.45, 2.75) is 25.5 Å². The second kappa shape index (κ2) is 3.12. The van der Waals surface area contributed by atoms with E-state index in [-0.39, 0.29) is 0 Å². The summed E-state index contributed by atoms with van der Waals surface area (Å²) in [5.74, 6) is 0. The molecule has 0 rings (SSSR count). The number of rotatable bonds is 3. The second-order valence-electron chi connectivity index (χ2n) is 3.20. The zero-order chi connectivity index (χ0) is 8.36. The monoisotopic (exact) mass is 145 g/mol. The van der Waals surface area contributed by atoms with Crippen molar-refractivity contribution in [1.29, 1.82) is 0 Å². The third kappa shape index (κ3) is 2.45. The Labute approximate surface area is 61.6 Å². The fourth-order valence-corrected chi connectivity index (χ4v) is 0.920. The van der Waals surface area contributed by atoms with E-state index in [9.17, 15) is 9.90 Å². The van der Waals surface area contributed by atoms with E-state index in [1.165, 1.54) is 0 Å². The van der Waals surface area contributed by atoms with Crippen LogP contribution in [0, 0.1) is 0 Å². The lowest BCUT2D eigenvalue weighted by Crippen LogP contribution is -2.47. The zero-order valence-corrected chi connectivity index (χ0v) is 6.96. The van der Waals surface area contributed by atoms with Crippen LogP contribution >= 0.6 is 0 Å². The summed E-state index contributed by atoms with van der Waals surface area (Å²) in [4.78, 5) is 12.1. The quantitative estimate of drug-likeness (QED) is 0.563. The summed E-state index contributed by atoms with van der Waals surface area (Å²) in [6.45, 7) is 3.23. The molecule has 0 saturated heterocycles. The van der Waals surface area contributed by atoms with E-state index in [0.29, 0.717) is 0 Å². The fraction of sp³-hybridized carbons (Fsp3) is 0.857. The van der Waals surface area contributed by atoms with Gasteiger partial charge in [0.1, 0.15) is 6.29 Å². The number of hydrogen-bond donors (Lipinski definition) is 1. The van der Waals surface area contributed by atoms with Gasteiger partial charge in [0.25, 0.3) is 0 Å². The highest BCUT2D eigenvalue weighted by Gasteiger charge is 2.27. The average molecular weight is 145 g/mol. The maximum atomic E-state index is 10.4. The number of carbonyl (C=O) groups is 1. The molecule has 0 heterocycles. The average Bonchev–Trinajstić information content (AvgIpc) is 1.60. The van der Waals surface area contributed by atoms with E-state index in [1.807, 2.05) is 0 Å². The van der Waals surface area contributed by atoms with Crippen molar-refractivity contribution in [2.75, 3.05) is 14.1 Å². The van der Waals surface area contributed by atoms with Gasteiger partial charge >= 0.3 is 0 Å². The Hall–Kier alpha value is -0.410. The van der Waals surface area contributed by atoms with E-state index in [2.05, 4.69) is 0 Å². The second-order valence-corrected chi connectivity index (χ2v) is 3.20. The molecule has 0 radical (unpaired) electrons. The fourth-order valence-electron chi connectivity index (χ4n) is 0.920. The van der Waals surface area contributed by atoms with E-state index >= 15 is 0 Å². The molecule has 3 heteroatoms. The number of aliphatic hydroxyl groups is 1. The molecule has 0 unspecified atom stereocenters. The first-order valence-electron chi connectivity index (χ1n) is 3.23. The molecule has 60 valence electrons. The predicted molar refractivity (Wildman–Crippen MR) is 39.8 cm³/mol. The summed E-state index contributed by atoms with van der Waals surface area (Å²) in [5.41, 5.74) is -0.953. The maximum Gasteiger partial charge on any atom is 0.140 e. The number of carbonyl (C=O) groups excluding carboxylic acids is 1. The van der Waals surface area contributed by atoms with Crippen LogP contribution in [0.4, 0.5) is 0 Å². The SMILES string of the molecule is CN(C)[C@H](C=O)C(C)(C)O. The third-order valence-corrected chi connectivity index (χ3v) is 1.41. The van der Waals surface area contributed by atoms with Crippen molar-refractivity contribution in [3.8, 4) is 0 Å². The molecule has 0 fully saturated rings. The topological polar surface area (TPSA) is 40.5 Å². The highest BCUT2D eigenvalue weighted by molar-refractivity contribution is 5.59. The van der Waals surface area contributed by atoms with Gasteiger partial charge in [-0.25, -0.2) is 0 Å². The van der Waals surface area contributed by atoms with Crippen LogP contribution in [-0.2, 0) is 4.79 Å². The molecule has 0 aromatic heterocycles. The highest BCUT2D eigenvalue weighted by Crippen LogP contribution is 2.10. The van der Waals surface area contributed by atoms with Gasteiger partial charge in [-0.3, -0.25) is 4.90 Å². The van der Waals surface area contributed by atoms with E-state index in [4.69, 9.17) is 0 Å². The van der Waals surface area contributed by atoms with Crippen LogP contribution in [0.1, 0.15) is 13.8 Å². The van der Waals surface area contributed by atoms with E-state index in [0.717, 1.165) is 6.29 Å². The molecule has 10 heavy (non-hydrogen) atoms. The molecule has 0 aliphatic rings. The van der Waals surface area contributed by atoms with Crippen LogP contribution in [0.5, 0.6) is 0 Å². The van der Waals surface area contributed by atoms with Crippen LogP contribution in [0.2, 0.25) is 0 Å². The molecule has 0 saturated carbocycles. The van der Waals surface area contributed by atoms with E-state index < -0.39 is 11.6 Å². The molecule has 1 atom stereocenters. The van der Waals surface area contributed by atoms with Crippen molar-refractivity contribution < 1.29 is 9.90 Å². The van der Waals surface area contributed by atoms with Crippen molar-refractivity contribution in [3.63, 3.8) is 0 Å². The maximum absolute atomic E-state index is 10.4. The van der Waals surface area contributed by atoms with Crippen molar-refractivity contribution in [1.82, 2.24) is 4.90 Å². The van der Waals surface area contributed by atoms with Crippen LogP contribution in [0.3, 0.4) is 0 Å². The Morgan fingerprint density at radius 2 is 1.90 bits per heavy atom. The van der Waals surface area contributed by atoms with Gasteiger partial charge in [0, 0.05) is 0 Å². The molecule has 0 aromatic rings. The van der Waals surface area contributed by atoms with Crippen molar-refractivity contribution >= 4 is 6.29 Å². The predicted octanol–water partition coefficient (Wildman–Crippen LogP) is -0.114. The van der Waals surface area contributed by atoms with Gasteiger partial charge in [-0.15, -0.1) is 0 Å². The van der Waals surface area contributed by atoms with Gasteiger partial charge < -0.3 is 9.90 Å². The van der Waals surface area contributed by atoms with Crippen molar-refractivity contribution in [3.05, 3.63) is 0 Å². The molecule has 0 aliphatic carbocycles. The molecule has 0 bridgehead atoms. The standard InChI is InChI=1S/C7H15NO2/c1-7(2,10)6(5-9)8(3)4/h5-6,10H,1-4H3/t6-/m1/s1. The summed E-state index contributed by atoms with van der Waals surface area (Å²) < 4.78 is 0. The molecule has 1 N–H and O–H groups in total. The Morgan fingerprint density at radius 3 is 1.90 bits per heavy atom. The number of aldehydes is 1. The normalized spacial score (nSPS) is 15.4. The lowest BCUT2D eigenvalue weighted by Gasteiger charge is -2.29. The van der Waals surface area contributed by atoms with Crippen LogP contribution in [0.15, 0.2) is 0 Å². The minimum Gasteiger partial charge on any atom is -0.388 e. The first-order chi connectivity index (χ1) is 4.39. The van der Waals surface area contributed by atoms with Gasteiger partial charge in [0.15, 0.2) is 0 Å². The van der Waals surface area contributed by atoms with Gasteiger partial charge in [-0.2, -0.15) is 0 Å². The number of likely N-dealkylation sites (N-methyl/N-ethyl adjacent to an activating group) is 1. The summed E-state index contributed by atoms with van der Waals surface area (Å²) >= 11 is 0. The van der Waals surface area contributed by atoms with Crippen LogP contribution in [-0.4, -0.2) is 42.0 Å². The van der Waals surface area contributed by atoms with Crippen molar-refractivity contribution in [2.24, 2.45) is 0 Å². The minimum atomic E-state index is -0.953. The molecule has 0 aliphatic heterocycles. The van der Waals surface area contributed by atoms with Crippen LogP contribution < -0.4 is 0 Å². The largest absolute Gasteiger partial charge is 0.388 e. The number of nitrogens with zero attached hydrogens (tertiary/aromatic N) is 1. The number of hydrogen-bond acceptors (Lipinski definition) is 3. The summed E-state index contributed by atoms with van der Waals surface area (Å²) in [6, 6.07) is -0.424. The summed E-state index contributed by atoms with van der Waals surface area (Å²) in [7, 11) is 3.52. The van der Waals surface area contributed by atoms with Gasteiger partial charge in [0.05, 0.1) is 11.6 Å². The molecule has 0 amide bonds. The zero-order valence-electron chi connectivity index (χ0n) is 6.96. The summed E-state index contributed by atoms with van der Waals surface area (Å²) in [5, 5.41) is 9.37. The molecule has 0 aromatic carbocycles. The molecular formula is C7H15NO2. The lowest BCUT2D eigenvalue weighted by atomic mass is 10.00. The van der Waals surface area contributed by atoms with Gasteiger partial charge in [-0.05, 0) is 27.9 Å². The van der Waals surface area contributed by atoms with Gasteiger partial charge in [-0.1, -0.05) is 0 Å². The Balaban J connectivity index is 4.21. The Morgan fingerprint density at radius 1 is 1.50 bits per heavy atom.